The molecule has 2 aliphatic heterocycles. The number of carbonyl (C=O) groups excluding carboxylic acids is 2. The van der Waals surface area contributed by atoms with Crippen molar-refractivity contribution in [3.8, 4) is 0 Å². The standard InChI is InChI=1S/C23H28N5O5/c1-14(2)21(22(30)24-17-6-8-18(9-7-17)28(32)33)25-23(31)26-11-15-10-16(13-26)19-4-3-5-20(29)27(19)12-15/h3-9,14-16,21,32H,10-13H2,1-2H3,(H,24,30)(H,25,31)/q-1/t15-,16-,21-/m0/s1. The van der Waals surface area contributed by atoms with E-state index in [4.69, 9.17) is 5.21 Å². The van der Waals surface area contributed by atoms with Gasteiger partial charge in [-0.25, -0.2) is 4.79 Å². The molecule has 2 bridgehead atoms. The van der Waals surface area contributed by atoms with E-state index in [0.29, 0.717) is 25.3 Å². The second-order valence-electron chi connectivity index (χ2n) is 9.08. The lowest BCUT2D eigenvalue weighted by Gasteiger charge is -2.43. The number of aromatic nitrogens is 1. The maximum Gasteiger partial charge on any atom is 0.318 e. The molecule has 3 N–H and O–H groups in total. The summed E-state index contributed by atoms with van der Waals surface area (Å²) in [6.07, 6.45) is 0.936. The van der Waals surface area contributed by atoms with Crippen LogP contribution in [0.3, 0.4) is 0 Å². The number of likely N-dealkylation sites (tertiary alicyclic amines) is 1. The van der Waals surface area contributed by atoms with Crippen molar-refractivity contribution >= 4 is 23.3 Å². The van der Waals surface area contributed by atoms with Crippen molar-refractivity contribution in [1.82, 2.24) is 14.8 Å². The molecule has 10 heteroatoms. The van der Waals surface area contributed by atoms with Crippen LogP contribution in [0.25, 0.3) is 0 Å². The average molecular weight is 455 g/mol. The molecule has 1 saturated heterocycles. The zero-order valence-corrected chi connectivity index (χ0v) is 18.6. The van der Waals surface area contributed by atoms with Gasteiger partial charge >= 0.3 is 6.03 Å². The number of urea groups is 1. The van der Waals surface area contributed by atoms with E-state index in [2.05, 4.69) is 10.6 Å². The highest BCUT2D eigenvalue weighted by Gasteiger charge is 2.37. The number of anilines is 2. The fourth-order valence-electron chi connectivity index (χ4n) is 4.71. The quantitative estimate of drug-likeness (QED) is 0.595. The molecule has 0 saturated carbocycles. The SMILES string of the molecule is CC(C)[C@H](NC(=O)N1C[C@@H]2C[C@@H](C1)c1cccc(=O)n1C2)C(=O)Nc1ccc(N([O-])O)cc1. The number of fused-ring (bicyclic) bond motifs is 4. The Labute approximate surface area is 191 Å². The van der Waals surface area contributed by atoms with E-state index in [1.807, 2.05) is 24.5 Å². The van der Waals surface area contributed by atoms with Gasteiger partial charge in [0.05, 0.1) is 5.69 Å². The molecule has 2 aromatic rings. The van der Waals surface area contributed by atoms with Gasteiger partial charge in [-0.05, 0) is 48.6 Å². The van der Waals surface area contributed by atoms with E-state index in [9.17, 15) is 19.6 Å². The molecule has 0 spiro atoms. The highest BCUT2D eigenvalue weighted by atomic mass is 16.8. The molecule has 3 amide bonds. The maximum absolute atomic E-state index is 13.1. The lowest BCUT2D eigenvalue weighted by molar-refractivity contribution is -0.118. The van der Waals surface area contributed by atoms with Crippen LogP contribution in [0.2, 0.25) is 0 Å². The first kappa shape index (κ1) is 22.8. The van der Waals surface area contributed by atoms with Gasteiger partial charge in [-0.2, -0.15) is 0 Å². The molecular weight excluding hydrogens is 426 g/mol. The van der Waals surface area contributed by atoms with Gasteiger partial charge in [0.1, 0.15) is 6.04 Å². The normalized spacial score (nSPS) is 20.1. The van der Waals surface area contributed by atoms with E-state index in [0.717, 1.165) is 12.1 Å². The summed E-state index contributed by atoms with van der Waals surface area (Å²) in [6, 6.07) is 9.96. The summed E-state index contributed by atoms with van der Waals surface area (Å²) in [5, 5.41) is 25.2. The second-order valence-corrected chi connectivity index (χ2v) is 9.08. The Morgan fingerprint density at radius 3 is 2.52 bits per heavy atom. The predicted octanol–water partition coefficient (Wildman–Crippen LogP) is 2.33. The highest BCUT2D eigenvalue weighted by Crippen LogP contribution is 2.35. The third-order valence-corrected chi connectivity index (χ3v) is 6.35. The Balaban J connectivity index is 1.42. The van der Waals surface area contributed by atoms with Crippen LogP contribution >= 0.6 is 0 Å². The molecule has 176 valence electrons. The first-order valence-electron chi connectivity index (χ1n) is 11.0. The summed E-state index contributed by atoms with van der Waals surface area (Å²) in [4.78, 5) is 39.9. The Kier molecular flexibility index (Phi) is 6.39. The lowest BCUT2D eigenvalue weighted by atomic mass is 9.83. The van der Waals surface area contributed by atoms with Crippen molar-refractivity contribution < 1.29 is 14.8 Å². The number of hydrogen-bond acceptors (Lipinski definition) is 6. The number of amides is 3. The van der Waals surface area contributed by atoms with E-state index in [1.54, 1.807) is 17.0 Å². The van der Waals surface area contributed by atoms with Gasteiger partial charge in [0.15, 0.2) is 0 Å². The molecule has 3 atom stereocenters. The zero-order valence-electron chi connectivity index (χ0n) is 18.6. The first-order chi connectivity index (χ1) is 15.7. The summed E-state index contributed by atoms with van der Waals surface area (Å²) in [7, 11) is 0. The van der Waals surface area contributed by atoms with Crippen molar-refractivity contribution in [3.05, 3.63) is 63.7 Å². The maximum atomic E-state index is 13.1. The van der Waals surface area contributed by atoms with Crippen LogP contribution in [0, 0.1) is 17.0 Å². The van der Waals surface area contributed by atoms with Gasteiger partial charge in [0.2, 0.25) is 5.91 Å². The van der Waals surface area contributed by atoms with Gasteiger partial charge in [-0.15, -0.1) is 0 Å². The molecule has 1 aromatic carbocycles. The minimum absolute atomic E-state index is 0.00775. The van der Waals surface area contributed by atoms with Gasteiger partial charge < -0.3 is 30.5 Å². The van der Waals surface area contributed by atoms with Crippen LogP contribution < -0.4 is 21.4 Å². The molecule has 10 nitrogen and oxygen atoms in total. The molecular formula is C23H28N5O5-. The predicted molar refractivity (Wildman–Crippen MR) is 123 cm³/mol. The summed E-state index contributed by atoms with van der Waals surface area (Å²) in [5.41, 5.74) is 1.44. The Hall–Kier alpha value is -3.37. The Morgan fingerprint density at radius 1 is 1.12 bits per heavy atom. The van der Waals surface area contributed by atoms with Crippen LogP contribution in [0.5, 0.6) is 0 Å². The van der Waals surface area contributed by atoms with Crippen LogP contribution in [-0.2, 0) is 11.3 Å². The lowest BCUT2D eigenvalue weighted by Crippen LogP contribution is -2.56. The largest absolute Gasteiger partial charge is 0.733 e. The first-order valence-corrected chi connectivity index (χ1v) is 11.0. The molecule has 2 aliphatic rings. The fraction of sp³-hybridized carbons (Fsp3) is 0.435. The zero-order chi connectivity index (χ0) is 23.7. The van der Waals surface area contributed by atoms with Crippen LogP contribution in [0.15, 0.2) is 47.3 Å². The summed E-state index contributed by atoms with van der Waals surface area (Å²) < 4.78 is 1.81. The van der Waals surface area contributed by atoms with E-state index in [1.165, 1.54) is 24.3 Å². The third kappa shape index (κ3) is 4.86. The smallest absolute Gasteiger partial charge is 0.318 e. The van der Waals surface area contributed by atoms with Gasteiger partial charge in [0.25, 0.3) is 5.56 Å². The van der Waals surface area contributed by atoms with Gasteiger partial charge in [0, 0.05) is 43.0 Å². The van der Waals surface area contributed by atoms with Crippen molar-refractivity contribution in [2.75, 3.05) is 23.6 Å². The molecule has 0 unspecified atom stereocenters. The van der Waals surface area contributed by atoms with Crippen molar-refractivity contribution in [2.45, 2.75) is 38.8 Å². The minimum atomic E-state index is -0.761. The van der Waals surface area contributed by atoms with E-state index >= 15 is 0 Å². The molecule has 3 heterocycles. The molecule has 0 radical (unpaired) electrons. The van der Waals surface area contributed by atoms with Gasteiger partial charge in [-0.3, -0.25) is 14.8 Å². The number of benzene rings is 1. The topological polar surface area (TPSA) is 130 Å². The Bertz CT molecular complexity index is 1080. The number of hydrogen-bond donors (Lipinski definition) is 3. The van der Waals surface area contributed by atoms with Crippen LogP contribution in [-0.4, -0.2) is 45.7 Å². The number of piperidine rings is 1. The van der Waals surface area contributed by atoms with E-state index in [-0.39, 0.29) is 46.2 Å². The fourth-order valence-corrected chi connectivity index (χ4v) is 4.71. The highest BCUT2D eigenvalue weighted by molar-refractivity contribution is 5.97. The minimum Gasteiger partial charge on any atom is -0.733 e. The summed E-state index contributed by atoms with van der Waals surface area (Å²) in [6.45, 7) is 5.31. The number of rotatable bonds is 5. The van der Waals surface area contributed by atoms with Crippen molar-refractivity contribution in [2.24, 2.45) is 11.8 Å². The molecule has 4 rings (SSSR count). The van der Waals surface area contributed by atoms with Crippen molar-refractivity contribution in [3.63, 3.8) is 0 Å². The number of nitrogens with one attached hydrogen (secondary N) is 2. The number of pyridine rings is 1. The van der Waals surface area contributed by atoms with Gasteiger partial charge in [-0.1, -0.05) is 19.9 Å². The Morgan fingerprint density at radius 2 is 1.85 bits per heavy atom. The monoisotopic (exact) mass is 454 g/mol. The summed E-state index contributed by atoms with van der Waals surface area (Å²) >= 11 is 0. The van der Waals surface area contributed by atoms with E-state index < -0.39 is 6.04 Å². The number of carbonyl (C=O) groups is 2. The third-order valence-electron chi connectivity index (χ3n) is 6.35. The molecule has 1 aromatic heterocycles. The van der Waals surface area contributed by atoms with Crippen molar-refractivity contribution in [1.29, 1.82) is 0 Å². The molecule has 0 aliphatic carbocycles. The number of nitrogens with zero attached hydrogens (tertiary/aromatic N) is 3. The molecule has 33 heavy (non-hydrogen) atoms. The molecule has 1 fully saturated rings. The average Bonchev–Trinajstić information content (AvgIpc) is 2.78. The van der Waals surface area contributed by atoms with Crippen LogP contribution in [0.4, 0.5) is 16.2 Å². The van der Waals surface area contributed by atoms with Crippen LogP contribution in [0.1, 0.15) is 31.9 Å². The summed E-state index contributed by atoms with van der Waals surface area (Å²) in [5.74, 6) is -0.247. The second kappa shape index (κ2) is 9.24.